The van der Waals surface area contributed by atoms with Crippen LogP contribution in [0.3, 0.4) is 0 Å². The van der Waals surface area contributed by atoms with Gasteiger partial charge in [0.25, 0.3) is 5.91 Å². The van der Waals surface area contributed by atoms with Crippen molar-refractivity contribution in [1.29, 1.82) is 0 Å². The van der Waals surface area contributed by atoms with Gasteiger partial charge in [-0.3, -0.25) is 25.1 Å². The maximum absolute atomic E-state index is 13.1. The SMILES string of the molecule is O=C1CCC(N2Cc3cc(C#CC4CCN(CC5CCC(CN6CCC(Oc7cccc(-c8onc9ccc(C%10=NNNN%10)cc89)c7)CC6)CC5)CC4)ccc3C2=O)C(=O)N1. The summed E-state index contributed by atoms with van der Waals surface area (Å²) in [4.78, 5) is 44.0. The third-order valence-electron chi connectivity index (χ3n) is 13.6. The van der Waals surface area contributed by atoms with Crippen molar-refractivity contribution in [3.8, 4) is 28.9 Å². The van der Waals surface area contributed by atoms with Crippen LogP contribution in [0.15, 0.2) is 70.3 Å². The quantitative estimate of drug-likeness (QED) is 0.134. The molecular formula is C47H53N9O5. The van der Waals surface area contributed by atoms with Crippen LogP contribution in [0, 0.1) is 29.6 Å². The average molecular weight is 824 g/mol. The van der Waals surface area contributed by atoms with Crippen molar-refractivity contribution in [1.82, 2.24) is 41.7 Å². The third-order valence-corrected chi connectivity index (χ3v) is 13.6. The second-order valence-corrected chi connectivity index (χ2v) is 17.7. The van der Waals surface area contributed by atoms with Crippen LogP contribution in [-0.2, 0) is 16.1 Å². The molecule has 61 heavy (non-hydrogen) atoms. The summed E-state index contributed by atoms with van der Waals surface area (Å²) in [6.07, 6.45) is 10.4. The smallest absolute Gasteiger partial charge is 0.255 e. The van der Waals surface area contributed by atoms with E-state index < -0.39 is 6.04 Å². The van der Waals surface area contributed by atoms with Crippen molar-refractivity contribution in [3.05, 3.63) is 82.9 Å². The number of ether oxygens (including phenoxy) is 1. The molecule has 1 aromatic heterocycles. The lowest BCUT2D eigenvalue weighted by molar-refractivity contribution is -0.136. The predicted octanol–water partition coefficient (Wildman–Crippen LogP) is 4.94. The summed E-state index contributed by atoms with van der Waals surface area (Å²) in [5.74, 6) is 10.3. The summed E-state index contributed by atoms with van der Waals surface area (Å²) >= 11 is 0. The standard InChI is InChI=1S/C47H53N9O5/c57-43-15-14-42(46(58)48-43)56-29-36-24-31(10-12-39(36)47(56)59)5-4-30-16-20-54(21-17-30)27-32-6-8-33(9-7-32)28-55-22-18-37(19-23-55)60-38-3-1-2-34(25-38)44-40-26-35(45-49-52-53-50-45)11-13-41(40)51-61-44/h1-3,10-13,24-26,30,32-33,37,42,52-53H,6-9,14-23,27-29H2,(H,49,50)(H,48,57,58). The fourth-order valence-corrected chi connectivity index (χ4v) is 10.2. The molecule has 1 saturated carbocycles. The van der Waals surface area contributed by atoms with E-state index in [0.717, 1.165) is 108 Å². The minimum atomic E-state index is -0.600. The van der Waals surface area contributed by atoms with E-state index in [0.29, 0.717) is 30.3 Å². The molecule has 1 atom stereocenters. The summed E-state index contributed by atoms with van der Waals surface area (Å²) in [6.45, 7) is 7.14. The lowest BCUT2D eigenvalue weighted by Gasteiger charge is -2.38. The predicted molar refractivity (Wildman–Crippen MR) is 229 cm³/mol. The molecule has 10 rings (SSSR count). The highest BCUT2D eigenvalue weighted by Crippen LogP contribution is 2.35. The number of hydrogen-bond acceptors (Lipinski definition) is 12. The Morgan fingerprint density at radius 1 is 0.803 bits per heavy atom. The van der Waals surface area contributed by atoms with Crippen molar-refractivity contribution in [3.63, 3.8) is 0 Å². The molecule has 3 amide bonds. The van der Waals surface area contributed by atoms with Gasteiger partial charge in [0.1, 0.15) is 23.4 Å². The van der Waals surface area contributed by atoms with Crippen molar-refractivity contribution in [2.45, 2.75) is 82.9 Å². The van der Waals surface area contributed by atoms with E-state index >= 15 is 0 Å². The number of amidine groups is 1. The molecule has 1 unspecified atom stereocenters. The molecule has 4 aromatic rings. The first kappa shape index (κ1) is 39.4. The molecule has 5 aliphatic heterocycles. The Balaban J connectivity index is 0.635. The molecular weight excluding hydrogens is 771 g/mol. The number of carbonyl (C=O) groups is 3. The van der Waals surface area contributed by atoms with E-state index in [1.807, 2.05) is 54.6 Å². The van der Waals surface area contributed by atoms with Gasteiger partial charge >= 0.3 is 0 Å². The number of piperidine rings is 3. The molecule has 0 bridgehead atoms. The Morgan fingerprint density at radius 2 is 1.57 bits per heavy atom. The van der Waals surface area contributed by atoms with Gasteiger partial charge in [0.2, 0.25) is 11.8 Å². The molecule has 316 valence electrons. The maximum atomic E-state index is 13.1. The summed E-state index contributed by atoms with van der Waals surface area (Å²) in [6, 6.07) is 19.3. The van der Waals surface area contributed by atoms with E-state index in [4.69, 9.17) is 9.26 Å². The average Bonchev–Trinajstić information content (AvgIpc) is 4.05. The highest BCUT2D eigenvalue weighted by atomic mass is 16.5. The number of likely N-dealkylation sites (tertiary alicyclic amines) is 2. The fourth-order valence-electron chi connectivity index (χ4n) is 10.2. The number of nitrogens with one attached hydrogen (secondary N) is 4. The zero-order valence-corrected chi connectivity index (χ0v) is 34.5. The second-order valence-electron chi connectivity index (χ2n) is 17.7. The van der Waals surface area contributed by atoms with Crippen molar-refractivity contribution in [2.75, 3.05) is 39.3 Å². The van der Waals surface area contributed by atoms with E-state index in [-0.39, 0.29) is 30.2 Å². The van der Waals surface area contributed by atoms with Crippen molar-refractivity contribution >= 4 is 34.5 Å². The highest BCUT2D eigenvalue weighted by molar-refractivity contribution is 6.06. The zero-order valence-electron chi connectivity index (χ0n) is 34.5. The Morgan fingerprint density at radius 3 is 2.31 bits per heavy atom. The molecule has 3 saturated heterocycles. The maximum Gasteiger partial charge on any atom is 0.255 e. The first-order valence-electron chi connectivity index (χ1n) is 22.1. The fraction of sp³-hybridized carbons (Fsp3) is 0.468. The summed E-state index contributed by atoms with van der Waals surface area (Å²) in [5, 5.41) is 11.8. The number of hydrogen-bond donors (Lipinski definition) is 4. The minimum Gasteiger partial charge on any atom is -0.490 e. The molecule has 0 radical (unpaired) electrons. The van der Waals surface area contributed by atoms with Gasteiger partial charge in [0.15, 0.2) is 11.6 Å². The van der Waals surface area contributed by atoms with Gasteiger partial charge in [-0.25, -0.2) is 5.53 Å². The van der Waals surface area contributed by atoms with Crippen molar-refractivity contribution in [2.24, 2.45) is 22.9 Å². The number of fused-ring (bicyclic) bond motifs is 2. The zero-order chi connectivity index (χ0) is 41.3. The van der Waals surface area contributed by atoms with Gasteiger partial charge in [-0.15, -0.1) is 10.6 Å². The van der Waals surface area contributed by atoms with E-state index in [1.165, 1.54) is 38.8 Å². The van der Waals surface area contributed by atoms with E-state index in [9.17, 15) is 14.4 Å². The van der Waals surface area contributed by atoms with E-state index in [2.05, 4.69) is 59.8 Å². The van der Waals surface area contributed by atoms with Crippen LogP contribution in [-0.4, -0.2) is 94.8 Å². The molecule has 6 heterocycles. The summed E-state index contributed by atoms with van der Waals surface area (Å²) in [5.41, 5.74) is 13.6. The number of rotatable bonds is 9. The van der Waals surface area contributed by atoms with Gasteiger partial charge < -0.3 is 24.0 Å². The molecule has 4 N–H and O–H groups in total. The summed E-state index contributed by atoms with van der Waals surface area (Å²) < 4.78 is 12.4. The Labute approximate surface area is 355 Å². The Hall–Kier alpha value is -5.75. The lowest BCUT2D eigenvalue weighted by atomic mass is 9.81. The van der Waals surface area contributed by atoms with Gasteiger partial charge in [-0.2, -0.15) is 0 Å². The normalized spacial score (nSPS) is 24.1. The molecule has 0 spiro atoms. The van der Waals surface area contributed by atoms with Crippen LogP contribution < -0.4 is 26.5 Å². The first-order valence-corrected chi connectivity index (χ1v) is 22.1. The van der Waals surface area contributed by atoms with Gasteiger partial charge in [-0.05, 0) is 137 Å². The van der Waals surface area contributed by atoms with Gasteiger partial charge in [0.05, 0.1) is 5.39 Å². The van der Waals surface area contributed by atoms with Crippen molar-refractivity contribution < 1.29 is 23.6 Å². The van der Waals surface area contributed by atoms with E-state index in [1.54, 1.807) is 4.90 Å². The Kier molecular flexibility index (Phi) is 11.2. The number of amides is 3. The highest BCUT2D eigenvalue weighted by Gasteiger charge is 2.39. The van der Waals surface area contributed by atoms with Crippen LogP contribution in [0.25, 0.3) is 22.2 Å². The van der Waals surface area contributed by atoms with Crippen LogP contribution in [0.2, 0.25) is 0 Å². The number of nitrogens with zero attached hydrogens (tertiary/aromatic N) is 5. The molecule has 4 fully saturated rings. The largest absolute Gasteiger partial charge is 0.490 e. The topological polar surface area (TPSA) is 157 Å². The molecule has 3 aromatic carbocycles. The summed E-state index contributed by atoms with van der Waals surface area (Å²) in [7, 11) is 0. The molecule has 14 heteroatoms. The number of imide groups is 1. The van der Waals surface area contributed by atoms with Crippen LogP contribution in [0.1, 0.15) is 91.3 Å². The molecule has 1 aliphatic carbocycles. The number of hydrazine groups is 2. The number of benzene rings is 3. The van der Waals surface area contributed by atoms with Crippen LogP contribution in [0.5, 0.6) is 5.75 Å². The lowest BCUT2D eigenvalue weighted by Crippen LogP contribution is -2.52. The monoisotopic (exact) mass is 823 g/mol. The minimum absolute atomic E-state index is 0.147. The Bertz CT molecular complexity index is 2400. The van der Waals surface area contributed by atoms with Crippen LogP contribution in [0.4, 0.5) is 0 Å². The van der Waals surface area contributed by atoms with Gasteiger partial charge in [0, 0.05) is 67.3 Å². The van der Waals surface area contributed by atoms with Crippen LogP contribution >= 0.6 is 0 Å². The van der Waals surface area contributed by atoms with Gasteiger partial charge in [-0.1, -0.05) is 29.1 Å². The number of carbonyl (C=O) groups excluding carboxylic acids is 3. The number of hydrazone groups is 1. The second kappa shape index (κ2) is 17.3. The molecule has 6 aliphatic rings. The third kappa shape index (κ3) is 8.73. The molecule has 14 nitrogen and oxygen atoms in total. The first-order chi connectivity index (χ1) is 29.9. The number of aromatic nitrogens is 1.